The lowest BCUT2D eigenvalue weighted by Crippen LogP contribution is -2.61. The maximum Gasteiger partial charge on any atom is 0.165 e. The zero-order chi connectivity index (χ0) is 15.9. The van der Waals surface area contributed by atoms with Crippen LogP contribution in [-0.4, -0.2) is 17.0 Å². The van der Waals surface area contributed by atoms with E-state index in [1.165, 1.54) is 19.3 Å². The highest BCUT2D eigenvalue weighted by Gasteiger charge is 2.68. The zero-order valence-corrected chi connectivity index (χ0v) is 14.3. The average Bonchev–Trinajstić information content (AvgIpc) is 2.59. The Morgan fingerprint density at radius 3 is 2.64 bits per heavy atom. The summed E-state index contributed by atoms with van der Waals surface area (Å²) in [5.74, 6) is 1.34. The van der Waals surface area contributed by atoms with Crippen LogP contribution in [0.4, 0.5) is 0 Å². The Morgan fingerprint density at radius 2 is 1.91 bits per heavy atom. The molecule has 1 spiro atoms. The summed E-state index contributed by atoms with van der Waals surface area (Å²) in [6.07, 6.45) is 7.24. The van der Waals surface area contributed by atoms with Crippen LogP contribution in [0.3, 0.4) is 0 Å². The molecule has 0 saturated heterocycles. The number of carbonyl (C=O) groups excluding carboxylic acids is 1. The second-order valence-corrected chi connectivity index (χ2v) is 9.63. The first-order chi connectivity index (χ1) is 10.2. The standard InChI is InChI=1S/C20H30O2/c1-12-13-10-14(21)16-19(4)8-5-7-18(2,3)15(19)6-9-20(16,11-13)17(12)22/h13-16,21H,1,5-11H2,2-4H3/t13-,14-,15-,16-,19-,20-/m0/s1. The van der Waals surface area contributed by atoms with E-state index in [2.05, 4.69) is 27.4 Å². The Hall–Kier alpha value is -0.630. The number of aliphatic hydroxyl groups is 1. The van der Waals surface area contributed by atoms with Gasteiger partial charge in [-0.25, -0.2) is 0 Å². The lowest BCUT2D eigenvalue weighted by molar-refractivity contribution is -0.187. The average molecular weight is 302 g/mol. The maximum atomic E-state index is 13.1. The molecule has 4 fully saturated rings. The first kappa shape index (κ1) is 14.9. The Labute approximate surface area is 134 Å². The van der Waals surface area contributed by atoms with Crippen molar-refractivity contribution in [3.63, 3.8) is 0 Å². The van der Waals surface area contributed by atoms with Crippen molar-refractivity contribution < 1.29 is 9.90 Å². The summed E-state index contributed by atoms with van der Waals surface area (Å²) in [5.41, 5.74) is 0.991. The van der Waals surface area contributed by atoms with Crippen LogP contribution in [0.25, 0.3) is 0 Å². The third-order valence-corrected chi connectivity index (χ3v) is 8.22. The molecule has 4 aliphatic rings. The van der Waals surface area contributed by atoms with E-state index < -0.39 is 0 Å². The van der Waals surface area contributed by atoms with Gasteiger partial charge in [0.2, 0.25) is 0 Å². The molecule has 0 radical (unpaired) electrons. The molecular formula is C20H30O2. The van der Waals surface area contributed by atoms with Gasteiger partial charge in [0.15, 0.2) is 5.78 Å². The van der Waals surface area contributed by atoms with E-state index in [1.54, 1.807) is 0 Å². The normalized spacial score (nSPS) is 53.1. The van der Waals surface area contributed by atoms with Gasteiger partial charge in [0.25, 0.3) is 0 Å². The Bertz CT molecular complexity index is 548. The lowest BCUT2D eigenvalue weighted by Gasteiger charge is -2.64. The minimum absolute atomic E-state index is 0.116. The van der Waals surface area contributed by atoms with Crippen molar-refractivity contribution in [2.75, 3.05) is 0 Å². The molecule has 0 heterocycles. The van der Waals surface area contributed by atoms with Crippen molar-refractivity contribution >= 4 is 5.78 Å². The van der Waals surface area contributed by atoms with E-state index in [4.69, 9.17) is 0 Å². The molecule has 2 nitrogen and oxygen atoms in total. The molecular weight excluding hydrogens is 272 g/mol. The Kier molecular flexibility index (Phi) is 2.89. The number of rotatable bonds is 0. The van der Waals surface area contributed by atoms with Crippen LogP contribution >= 0.6 is 0 Å². The SMILES string of the molecule is C=C1C(=O)[C@]23CC[C@H]4C(C)(C)CCC[C@]4(C)[C@@H]2[C@@H](O)C[C@H]1C3. The van der Waals surface area contributed by atoms with Crippen LogP contribution < -0.4 is 0 Å². The smallest absolute Gasteiger partial charge is 0.165 e. The van der Waals surface area contributed by atoms with Crippen molar-refractivity contribution in [1.29, 1.82) is 0 Å². The topological polar surface area (TPSA) is 37.3 Å². The summed E-state index contributed by atoms with van der Waals surface area (Å²) in [6.45, 7) is 11.3. The fraction of sp³-hybridized carbons (Fsp3) is 0.850. The molecule has 0 aromatic rings. The van der Waals surface area contributed by atoms with Gasteiger partial charge in [-0.05, 0) is 66.8 Å². The first-order valence-corrected chi connectivity index (χ1v) is 9.14. The number of hydrogen-bond donors (Lipinski definition) is 1. The van der Waals surface area contributed by atoms with E-state index in [1.807, 2.05) is 0 Å². The van der Waals surface area contributed by atoms with Gasteiger partial charge >= 0.3 is 0 Å². The second kappa shape index (κ2) is 4.26. The number of hydrogen-bond acceptors (Lipinski definition) is 2. The third kappa shape index (κ3) is 1.58. The molecule has 0 aromatic carbocycles. The Morgan fingerprint density at radius 1 is 1.18 bits per heavy atom. The molecule has 0 amide bonds. The number of aliphatic hydroxyl groups excluding tert-OH is 1. The van der Waals surface area contributed by atoms with Crippen LogP contribution in [-0.2, 0) is 4.79 Å². The van der Waals surface area contributed by atoms with Gasteiger partial charge in [0, 0.05) is 11.3 Å². The van der Waals surface area contributed by atoms with Crippen molar-refractivity contribution in [3.8, 4) is 0 Å². The zero-order valence-electron chi connectivity index (χ0n) is 14.3. The molecule has 2 heteroatoms. The van der Waals surface area contributed by atoms with Crippen LogP contribution in [0.5, 0.6) is 0 Å². The predicted octanol–water partition coefficient (Wildman–Crippen LogP) is 4.13. The van der Waals surface area contributed by atoms with Gasteiger partial charge in [-0.1, -0.05) is 33.8 Å². The first-order valence-electron chi connectivity index (χ1n) is 9.14. The molecule has 4 aliphatic carbocycles. The van der Waals surface area contributed by atoms with Crippen LogP contribution in [0.2, 0.25) is 0 Å². The van der Waals surface area contributed by atoms with Gasteiger partial charge in [0.1, 0.15) is 0 Å². The fourth-order valence-electron chi connectivity index (χ4n) is 7.55. The number of allylic oxidation sites excluding steroid dienone is 1. The summed E-state index contributed by atoms with van der Waals surface area (Å²) in [6, 6.07) is 0. The number of Topliss-reactive ketones (excluding diaryl/α,β-unsaturated/α-hetero) is 1. The van der Waals surface area contributed by atoms with Gasteiger partial charge in [-0.3, -0.25) is 4.79 Å². The summed E-state index contributed by atoms with van der Waals surface area (Å²) in [7, 11) is 0. The van der Waals surface area contributed by atoms with Crippen LogP contribution in [0, 0.1) is 34.0 Å². The molecule has 6 atom stereocenters. The minimum Gasteiger partial charge on any atom is -0.393 e. The number of fused-ring (bicyclic) bond motifs is 3. The van der Waals surface area contributed by atoms with Gasteiger partial charge in [-0.15, -0.1) is 0 Å². The van der Waals surface area contributed by atoms with E-state index in [-0.39, 0.29) is 28.8 Å². The lowest BCUT2D eigenvalue weighted by atomic mass is 9.40. The van der Waals surface area contributed by atoms with E-state index in [0.29, 0.717) is 17.1 Å². The Balaban J connectivity index is 1.83. The summed E-state index contributed by atoms with van der Waals surface area (Å²) in [5, 5.41) is 11.0. The number of ketones is 1. The van der Waals surface area contributed by atoms with E-state index >= 15 is 0 Å². The number of carbonyl (C=O) groups is 1. The third-order valence-electron chi connectivity index (χ3n) is 8.22. The second-order valence-electron chi connectivity index (χ2n) is 9.63. The molecule has 2 bridgehead atoms. The van der Waals surface area contributed by atoms with Gasteiger partial charge < -0.3 is 5.11 Å². The highest BCUT2D eigenvalue weighted by Crippen LogP contribution is 2.70. The van der Waals surface area contributed by atoms with E-state index in [0.717, 1.165) is 31.3 Å². The molecule has 1 N–H and O–H groups in total. The minimum atomic E-state index is -0.316. The monoisotopic (exact) mass is 302 g/mol. The molecule has 0 aromatic heterocycles. The largest absolute Gasteiger partial charge is 0.393 e. The maximum absolute atomic E-state index is 13.1. The van der Waals surface area contributed by atoms with Crippen molar-refractivity contribution in [2.24, 2.45) is 34.0 Å². The summed E-state index contributed by atoms with van der Waals surface area (Å²) < 4.78 is 0. The fourth-order valence-corrected chi connectivity index (χ4v) is 7.55. The van der Waals surface area contributed by atoms with Gasteiger partial charge in [0.05, 0.1) is 6.10 Å². The quantitative estimate of drug-likeness (QED) is 0.683. The molecule has 4 saturated carbocycles. The molecule has 0 aliphatic heterocycles. The highest BCUT2D eigenvalue weighted by atomic mass is 16.3. The highest BCUT2D eigenvalue weighted by molar-refractivity contribution is 6.03. The van der Waals surface area contributed by atoms with Crippen molar-refractivity contribution in [3.05, 3.63) is 12.2 Å². The van der Waals surface area contributed by atoms with Crippen LogP contribution in [0.15, 0.2) is 12.2 Å². The summed E-state index contributed by atoms with van der Waals surface area (Å²) >= 11 is 0. The molecule has 0 unspecified atom stereocenters. The molecule has 22 heavy (non-hydrogen) atoms. The summed E-state index contributed by atoms with van der Waals surface area (Å²) in [4.78, 5) is 13.1. The molecule has 122 valence electrons. The van der Waals surface area contributed by atoms with Crippen LogP contribution in [0.1, 0.15) is 65.7 Å². The van der Waals surface area contributed by atoms with E-state index in [9.17, 15) is 9.90 Å². The molecule has 4 rings (SSSR count). The van der Waals surface area contributed by atoms with Crippen molar-refractivity contribution in [1.82, 2.24) is 0 Å². The van der Waals surface area contributed by atoms with Crippen molar-refractivity contribution in [2.45, 2.75) is 71.8 Å². The predicted molar refractivity (Wildman–Crippen MR) is 87.3 cm³/mol. The van der Waals surface area contributed by atoms with Gasteiger partial charge in [-0.2, -0.15) is 0 Å².